The molecular weight excluding hydrogens is 201 g/mol. The van der Waals surface area contributed by atoms with E-state index in [1.165, 1.54) is 43.9 Å². The fourth-order valence-electron chi connectivity index (χ4n) is 2.76. The van der Waals surface area contributed by atoms with E-state index < -0.39 is 0 Å². The average Bonchev–Trinajstić information content (AvgIpc) is 2.73. The molecule has 1 aromatic heterocycles. The molecule has 1 nitrogen and oxygen atoms in total. The molecule has 0 aliphatic heterocycles. The second-order valence-corrected chi connectivity index (χ2v) is 4.79. The first-order valence-corrected chi connectivity index (χ1v) is 6.11. The van der Waals surface area contributed by atoms with Gasteiger partial charge in [0.1, 0.15) is 5.82 Å². The maximum Gasteiger partial charge on any atom is 0.123 e. The van der Waals surface area contributed by atoms with Crippen molar-refractivity contribution in [3.63, 3.8) is 0 Å². The number of H-pyrrole nitrogens is 1. The molecule has 2 aromatic rings. The number of fused-ring (bicyclic) bond motifs is 1. The molecule has 1 aromatic carbocycles. The highest BCUT2D eigenvalue weighted by Crippen LogP contribution is 2.33. The van der Waals surface area contributed by atoms with Crippen molar-refractivity contribution in [2.75, 3.05) is 0 Å². The third-order valence-electron chi connectivity index (χ3n) is 3.65. The van der Waals surface area contributed by atoms with E-state index in [4.69, 9.17) is 0 Å². The van der Waals surface area contributed by atoms with Crippen LogP contribution in [0.4, 0.5) is 4.39 Å². The molecule has 1 aliphatic carbocycles. The molecule has 0 bridgehead atoms. The van der Waals surface area contributed by atoms with Crippen LogP contribution in [0.25, 0.3) is 10.9 Å². The molecule has 84 valence electrons. The molecular formula is C14H16FN. The van der Waals surface area contributed by atoms with Gasteiger partial charge in [-0.15, -0.1) is 0 Å². The Morgan fingerprint density at radius 1 is 1.06 bits per heavy atom. The number of aromatic nitrogens is 1. The number of halogens is 1. The normalized spacial score (nSPS) is 18.1. The van der Waals surface area contributed by atoms with Gasteiger partial charge in [-0.2, -0.15) is 0 Å². The molecule has 0 atom stereocenters. The molecule has 0 spiro atoms. The number of aromatic amines is 1. The lowest BCUT2D eigenvalue weighted by Crippen LogP contribution is -2.04. The van der Waals surface area contributed by atoms with Crippen LogP contribution in [0, 0.1) is 5.82 Å². The van der Waals surface area contributed by atoms with Crippen LogP contribution in [0.2, 0.25) is 0 Å². The van der Waals surface area contributed by atoms with Crippen LogP contribution in [0.1, 0.15) is 43.7 Å². The summed E-state index contributed by atoms with van der Waals surface area (Å²) in [6.45, 7) is 0. The average molecular weight is 217 g/mol. The highest BCUT2D eigenvalue weighted by atomic mass is 19.1. The summed E-state index contributed by atoms with van der Waals surface area (Å²) in [4.78, 5) is 3.43. The summed E-state index contributed by atoms with van der Waals surface area (Å²) in [5.41, 5.74) is 2.35. The zero-order valence-corrected chi connectivity index (χ0v) is 9.30. The van der Waals surface area contributed by atoms with E-state index in [0.717, 1.165) is 10.9 Å². The van der Waals surface area contributed by atoms with Gasteiger partial charge in [0.25, 0.3) is 0 Å². The van der Waals surface area contributed by atoms with E-state index in [9.17, 15) is 4.39 Å². The molecule has 2 heteroatoms. The smallest absolute Gasteiger partial charge is 0.123 e. The van der Waals surface area contributed by atoms with Gasteiger partial charge in [0, 0.05) is 16.6 Å². The highest BCUT2D eigenvalue weighted by Gasteiger charge is 2.17. The fourth-order valence-corrected chi connectivity index (χ4v) is 2.76. The van der Waals surface area contributed by atoms with Gasteiger partial charge in [0.2, 0.25) is 0 Å². The van der Waals surface area contributed by atoms with Gasteiger partial charge in [-0.1, -0.05) is 19.3 Å². The van der Waals surface area contributed by atoms with Gasteiger partial charge >= 0.3 is 0 Å². The minimum Gasteiger partial charge on any atom is -0.358 e. The minimum absolute atomic E-state index is 0.151. The summed E-state index contributed by atoms with van der Waals surface area (Å²) >= 11 is 0. The molecule has 0 radical (unpaired) electrons. The lowest BCUT2D eigenvalue weighted by atomic mass is 9.87. The Morgan fingerprint density at radius 2 is 1.88 bits per heavy atom. The topological polar surface area (TPSA) is 15.8 Å². The van der Waals surface area contributed by atoms with Crippen LogP contribution < -0.4 is 0 Å². The minimum atomic E-state index is -0.151. The Bertz CT molecular complexity index is 494. The van der Waals surface area contributed by atoms with Gasteiger partial charge in [-0.25, -0.2) is 4.39 Å². The van der Waals surface area contributed by atoms with Crippen LogP contribution in [-0.4, -0.2) is 4.98 Å². The first-order valence-electron chi connectivity index (χ1n) is 6.11. The molecule has 0 saturated heterocycles. The quantitative estimate of drug-likeness (QED) is 0.730. The number of nitrogens with one attached hydrogen (secondary N) is 1. The first kappa shape index (κ1) is 9.88. The zero-order valence-electron chi connectivity index (χ0n) is 9.30. The number of hydrogen-bond acceptors (Lipinski definition) is 0. The van der Waals surface area contributed by atoms with Crippen LogP contribution in [0.15, 0.2) is 24.3 Å². The second kappa shape index (κ2) is 3.93. The largest absolute Gasteiger partial charge is 0.358 e. The Kier molecular flexibility index (Phi) is 2.43. The van der Waals surface area contributed by atoms with E-state index in [1.807, 2.05) is 6.07 Å². The molecule has 16 heavy (non-hydrogen) atoms. The van der Waals surface area contributed by atoms with Crippen molar-refractivity contribution in [1.82, 2.24) is 4.98 Å². The van der Waals surface area contributed by atoms with E-state index in [2.05, 4.69) is 11.1 Å². The monoisotopic (exact) mass is 217 g/mol. The summed E-state index contributed by atoms with van der Waals surface area (Å²) in [5.74, 6) is 0.505. The van der Waals surface area contributed by atoms with Crippen LogP contribution in [0.3, 0.4) is 0 Å². The van der Waals surface area contributed by atoms with Crippen LogP contribution >= 0.6 is 0 Å². The molecule has 0 unspecified atom stereocenters. The van der Waals surface area contributed by atoms with E-state index in [0.29, 0.717) is 5.92 Å². The fraction of sp³-hybridized carbons (Fsp3) is 0.429. The number of rotatable bonds is 1. The number of hydrogen-bond donors (Lipinski definition) is 1. The Balaban J connectivity index is 1.97. The van der Waals surface area contributed by atoms with E-state index >= 15 is 0 Å². The second-order valence-electron chi connectivity index (χ2n) is 4.79. The third-order valence-corrected chi connectivity index (χ3v) is 3.65. The van der Waals surface area contributed by atoms with Crippen molar-refractivity contribution in [3.8, 4) is 0 Å². The van der Waals surface area contributed by atoms with Crippen molar-refractivity contribution >= 4 is 10.9 Å². The highest BCUT2D eigenvalue weighted by molar-refractivity contribution is 5.80. The summed E-state index contributed by atoms with van der Waals surface area (Å²) < 4.78 is 13.1. The SMILES string of the molecule is Fc1ccc2[nH]c(C3CCCCC3)cc2c1. The summed E-state index contributed by atoms with van der Waals surface area (Å²) in [7, 11) is 0. The van der Waals surface area contributed by atoms with Crippen molar-refractivity contribution < 1.29 is 4.39 Å². The summed E-state index contributed by atoms with van der Waals surface area (Å²) in [6, 6.07) is 7.08. The standard InChI is InChI=1S/C14H16FN/c15-12-6-7-13-11(8-12)9-14(16-13)10-4-2-1-3-5-10/h6-10,16H,1-5H2. The molecule has 0 amide bonds. The summed E-state index contributed by atoms with van der Waals surface area (Å²) in [6.07, 6.45) is 6.57. The molecule has 1 fully saturated rings. The molecule has 1 aliphatic rings. The Hall–Kier alpha value is -1.31. The van der Waals surface area contributed by atoms with Crippen molar-refractivity contribution in [3.05, 3.63) is 35.8 Å². The van der Waals surface area contributed by atoms with Crippen molar-refractivity contribution in [2.24, 2.45) is 0 Å². The zero-order chi connectivity index (χ0) is 11.0. The third kappa shape index (κ3) is 1.73. The molecule has 1 saturated carbocycles. The maximum atomic E-state index is 13.1. The van der Waals surface area contributed by atoms with Gasteiger partial charge in [-0.05, 0) is 43.0 Å². The van der Waals surface area contributed by atoms with Gasteiger partial charge < -0.3 is 4.98 Å². The van der Waals surface area contributed by atoms with Crippen molar-refractivity contribution in [1.29, 1.82) is 0 Å². The predicted molar refractivity (Wildman–Crippen MR) is 64.1 cm³/mol. The van der Waals surface area contributed by atoms with Gasteiger partial charge in [0.05, 0.1) is 0 Å². The maximum absolute atomic E-state index is 13.1. The van der Waals surface area contributed by atoms with E-state index in [1.54, 1.807) is 6.07 Å². The molecule has 1 N–H and O–H groups in total. The molecule has 3 rings (SSSR count). The Morgan fingerprint density at radius 3 is 2.69 bits per heavy atom. The lowest BCUT2D eigenvalue weighted by Gasteiger charge is -2.20. The molecule has 1 heterocycles. The van der Waals surface area contributed by atoms with Crippen LogP contribution in [-0.2, 0) is 0 Å². The Labute approximate surface area is 94.7 Å². The predicted octanol–water partition coefficient (Wildman–Crippen LogP) is 4.35. The van der Waals surface area contributed by atoms with E-state index in [-0.39, 0.29) is 5.82 Å². The van der Waals surface area contributed by atoms with Gasteiger partial charge in [0.15, 0.2) is 0 Å². The van der Waals surface area contributed by atoms with Gasteiger partial charge in [-0.3, -0.25) is 0 Å². The first-order chi connectivity index (χ1) is 7.83. The van der Waals surface area contributed by atoms with Crippen molar-refractivity contribution in [2.45, 2.75) is 38.0 Å². The number of benzene rings is 1. The van der Waals surface area contributed by atoms with Crippen LogP contribution in [0.5, 0.6) is 0 Å². The summed E-state index contributed by atoms with van der Waals surface area (Å²) in [5, 5.41) is 1.00. The lowest BCUT2D eigenvalue weighted by molar-refractivity contribution is 0.438.